The second-order valence-corrected chi connectivity index (χ2v) is 9.49. The van der Waals surface area contributed by atoms with Crippen molar-refractivity contribution in [3.05, 3.63) is 88.4 Å². The minimum atomic E-state index is -0.651. The van der Waals surface area contributed by atoms with Crippen molar-refractivity contribution >= 4 is 63.3 Å². The van der Waals surface area contributed by atoms with Crippen molar-refractivity contribution in [2.45, 2.75) is 18.2 Å². The highest BCUT2D eigenvalue weighted by Crippen LogP contribution is 2.32. The molecule has 9 heteroatoms. The van der Waals surface area contributed by atoms with Crippen LogP contribution in [0.4, 0.5) is 11.4 Å². The van der Waals surface area contributed by atoms with Crippen molar-refractivity contribution < 1.29 is 14.3 Å². The molecule has 6 nitrogen and oxygen atoms in total. The van der Waals surface area contributed by atoms with Gasteiger partial charge in [0.05, 0.1) is 30.1 Å². The molecular weight excluding hydrogens is 493 g/mol. The highest BCUT2D eigenvalue weighted by molar-refractivity contribution is 8.15. The predicted octanol–water partition coefficient (Wildman–Crippen LogP) is 6.16. The molecule has 4 rings (SSSR count). The van der Waals surface area contributed by atoms with Gasteiger partial charge >= 0.3 is 0 Å². The summed E-state index contributed by atoms with van der Waals surface area (Å²) in [6, 6.07) is 21.4. The Balaban J connectivity index is 1.61. The topological polar surface area (TPSA) is 71.0 Å². The van der Waals surface area contributed by atoms with E-state index in [1.54, 1.807) is 72.7 Å². The van der Waals surface area contributed by atoms with E-state index in [0.717, 1.165) is 5.56 Å². The molecule has 1 aliphatic rings. The largest absolute Gasteiger partial charge is 0.497 e. The maximum Gasteiger partial charge on any atom is 0.238 e. The number of carbonyl (C=O) groups excluding carboxylic acids is 2. The molecule has 34 heavy (non-hydrogen) atoms. The van der Waals surface area contributed by atoms with Crippen LogP contribution in [0.2, 0.25) is 10.0 Å². The van der Waals surface area contributed by atoms with E-state index < -0.39 is 5.25 Å². The molecule has 3 aromatic rings. The summed E-state index contributed by atoms with van der Waals surface area (Å²) in [5.41, 5.74) is 2.04. The van der Waals surface area contributed by atoms with Crippen LogP contribution in [-0.4, -0.2) is 34.2 Å². The molecule has 2 amide bonds. The zero-order valence-corrected chi connectivity index (χ0v) is 20.5. The van der Waals surface area contributed by atoms with E-state index >= 15 is 0 Å². The Kier molecular flexibility index (Phi) is 7.77. The molecular formula is C25H21Cl2N3O3S. The van der Waals surface area contributed by atoms with E-state index in [1.807, 2.05) is 12.1 Å². The van der Waals surface area contributed by atoms with Crippen LogP contribution >= 0.6 is 35.0 Å². The lowest BCUT2D eigenvalue weighted by atomic mass is 10.2. The van der Waals surface area contributed by atoms with Crippen molar-refractivity contribution in [2.75, 3.05) is 12.4 Å². The summed E-state index contributed by atoms with van der Waals surface area (Å²) in [5, 5.41) is 3.66. The van der Waals surface area contributed by atoms with Gasteiger partial charge in [-0.15, -0.1) is 0 Å². The zero-order valence-electron chi connectivity index (χ0n) is 18.2. The first-order valence-electron chi connectivity index (χ1n) is 10.4. The van der Waals surface area contributed by atoms with E-state index in [1.165, 1.54) is 11.8 Å². The molecule has 0 radical (unpaired) electrons. The van der Waals surface area contributed by atoms with Crippen LogP contribution in [0, 0.1) is 0 Å². The first kappa shape index (κ1) is 24.1. The number of para-hydroxylation sites is 1. The summed E-state index contributed by atoms with van der Waals surface area (Å²) >= 11 is 13.4. The minimum Gasteiger partial charge on any atom is -0.497 e. The van der Waals surface area contributed by atoms with Crippen LogP contribution in [0.3, 0.4) is 0 Å². The number of amidine groups is 1. The number of anilines is 1. The average molecular weight is 514 g/mol. The monoisotopic (exact) mass is 513 g/mol. The molecule has 1 saturated heterocycles. The van der Waals surface area contributed by atoms with Crippen molar-refractivity contribution in [1.29, 1.82) is 0 Å². The van der Waals surface area contributed by atoms with E-state index in [4.69, 9.17) is 32.9 Å². The fourth-order valence-corrected chi connectivity index (χ4v) is 4.72. The number of hydrogen-bond donors (Lipinski definition) is 1. The molecule has 1 N–H and O–H groups in total. The number of amides is 2. The summed E-state index contributed by atoms with van der Waals surface area (Å²) in [4.78, 5) is 32.5. The normalized spacial score (nSPS) is 17.0. The van der Waals surface area contributed by atoms with Crippen LogP contribution in [0.5, 0.6) is 5.75 Å². The van der Waals surface area contributed by atoms with Gasteiger partial charge in [0, 0.05) is 11.4 Å². The number of hydrogen-bond acceptors (Lipinski definition) is 5. The summed E-state index contributed by atoms with van der Waals surface area (Å²) in [6.07, 6.45) is 0.0379. The Morgan fingerprint density at radius 3 is 2.47 bits per heavy atom. The summed E-state index contributed by atoms with van der Waals surface area (Å²) < 4.78 is 5.21. The Labute approximate surface area is 211 Å². The molecule has 1 aliphatic heterocycles. The molecule has 0 aliphatic carbocycles. The quantitative estimate of drug-likeness (QED) is 0.428. The van der Waals surface area contributed by atoms with Gasteiger partial charge < -0.3 is 10.1 Å². The van der Waals surface area contributed by atoms with Crippen molar-refractivity contribution in [3.8, 4) is 5.75 Å². The molecule has 174 valence electrons. The number of halogens is 2. The summed E-state index contributed by atoms with van der Waals surface area (Å²) in [7, 11) is 1.59. The highest BCUT2D eigenvalue weighted by atomic mass is 35.5. The highest BCUT2D eigenvalue weighted by Gasteiger charge is 2.36. The van der Waals surface area contributed by atoms with Gasteiger partial charge in [0.25, 0.3) is 0 Å². The number of benzene rings is 3. The van der Waals surface area contributed by atoms with Crippen molar-refractivity contribution in [2.24, 2.45) is 4.99 Å². The molecule has 0 spiro atoms. The predicted molar refractivity (Wildman–Crippen MR) is 138 cm³/mol. The minimum absolute atomic E-state index is 0.0379. The van der Waals surface area contributed by atoms with Crippen LogP contribution in [0.25, 0.3) is 0 Å². The Morgan fingerprint density at radius 1 is 1.09 bits per heavy atom. The Hall–Kier alpha value is -3.00. The summed E-state index contributed by atoms with van der Waals surface area (Å²) in [6.45, 7) is 0.316. The lowest BCUT2D eigenvalue weighted by Gasteiger charge is -2.32. The van der Waals surface area contributed by atoms with Gasteiger partial charge in [-0.25, -0.2) is 4.99 Å². The molecule has 1 heterocycles. The Bertz CT molecular complexity index is 1220. The lowest BCUT2D eigenvalue weighted by molar-refractivity contribution is -0.129. The third-order valence-corrected chi connectivity index (χ3v) is 6.88. The first-order chi connectivity index (χ1) is 16.4. The van der Waals surface area contributed by atoms with Gasteiger partial charge in [0.1, 0.15) is 11.0 Å². The van der Waals surface area contributed by atoms with E-state index in [2.05, 4.69) is 5.32 Å². The third kappa shape index (κ3) is 5.91. The van der Waals surface area contributed by atoms with Gasteiger partial charge in [-0.05, 0) is 54.1 Å². The van der Waals surface area contributed by atoms with E-state index in [9.17, 15) is 9.59 Å². The SMILES string of the molecule is COc1ccc(N=C2SC(C(=O)Nc3ccccc3Cl)CC(=O)N2Cc2ccc(Cl)cc2)cc1. The van der Waals surface area contributed by atoms with Crippen LogP contribution in [-0.2, 0) is 16.1 Å². The van der Waals surface area contributed by atoms with Gasteiger partial charge in [-0.2, -0.15) is 0 Å². The number of carbonyl (C=O) groups is 2. The number of aliphatic imine (C=N–C) groups is 1. The average Bonchev–Trinajstić information content (AvgIpc) is 2.84. The molecule has 3 aromatic carbocycles. The van der Waals surface area contributed by atoms with E-state index in [0.29, 0.717) is 38.9 Å². The molecule has 0 aromatic heterocycles. The lowest BCUT2D eigenvalue weighted by Crippen LogP contribution is -2.44. The van der Waals surface area contributed by atoms with Gasteiger partial charge in [0.2, 0.25) is 11.8 Å². The van der Waals surface area contributed by atoms with Crippen molar-refractivity contribution in [1.82, 2.24) is 4.90 Å². The molecule has 0 saturated carbocycles. The number of ether oxygens (including phenoxy) is 1. The summed E-state index contributed by atoms with van der Waals surface area (Å²) in [5.74, 6) is 0.201. The molecule has 1 unspecified atom stereocenters. The van der Waals surface area contributed by atoms with Gasteiger partial charge in [-0.3, -0.25) is 14.5 Å². The number of nitrogens with zero attached hydrogens (tertiary/aromatic N) is 2. The standard InChI is InChI=1S/C25H21Cl2N3O3S/c1-33-19-12-10-18(11-13-19)28-25-30(15-16-6-8-17(26)9-7-16)23(31)14-22(34-25)24(32)29-21-5-3-2-4-20(21)27/h2-13,22H,14-15H2,1H3,(H,29,32). The van der Waals surface area contributed by atoms with Crippen LogP contribution < -0.4 is 10.1 Å². The number of nitrogens with one attached hydrogen (secondary N) is 1. The molecule has 1 fully saturated rings. The zero-order chi connectivity index (χ0) is 24.1. The molecule has 1 atom stereocenters. The number of methoxy groups -OCH3 is 1. The third-order valence-electron chi connectivity index (χ3n) is 5.11. The fraction of sp³-hybridized carbons (Fsp3) is 0.160. The van der Waals surface area contributed by atoms with Crippen LogP contribution in [0.15, 0.2) is 77.8 Å². The molecule has 0 bridgehead atoms. The second kappa shape index (κ2) is 11.0. The van der Waals surface area contributed by atoms with Crippen molar-refractivity contribution in [3.63, 3.8) is 0 Å². The maximum absolute atomic E-state index is 13.2. The second-order valence-electron chi connectivity index (χ2n) is 7.48. The number of thioether (sulfide) groups is 1. The van der Waals surface area contributed by atoms with Gasteiger partial charge in [0.15, 0.2) is 5.17 Å². The maximum atomic E-state index is 13.2. The Morgan fingerprint density at radius 2 is 1.79 bits per heavy atom. The van der Waals surface area contributed by atoms with Crippen LogP contribution in [0.1, 0.15) is 12.0 Å². The van der Waals surface area contributed by atoms with E-state index in [-0.39, 0.29) is 18.2 Å². The first-order valence-corrected chi connectivity index (χ1v) is 12.1. The fourth-order valence-electron chi connectivity index (χ4n) is 3.31. The smallest absolute Gasteiger partial charge is 0.238 e. The number of rotatable bonds is 6. The van der Waals surface area contributed by atoms with Gasteiger partial charge in [-0.1, -0.05) is 59.2 Å².